The molecule has 33 heavy (non-hydrogen) atoms. The lowest BCUT2D eigenvalue weighted by Gasteiger charge is -2.31. The Morgan fingerprint density at radius 1 is 1.18 bits per heavy atom. The quantitative estimate of drug-likeness (QED) is 0.364. The van der Waals surface area contributed by atoms with Crippen molar-refractivity contribution in [3.63, 3.8) is 0 Å². The second-order valence-corrected chi connectivity index (χ2v) is 10.1. The van der Waals surface area contributed by atoms with E-state index in [1.54, 1.807) is 32.0 Å². The number of non-ortho nitro benzene ring substituents is 1. The van der Waals surface area contributed by atoms with E-state index < -0.39 is 33.4 Å². The second kappa shape index (κ2) is 11.2. The number of nitrogens with zero attached hydrogens (tertiary/aromatic N) is 3. The van der Waals surface area contributed by atoms with Gasteiger partial charge in [-0.3, -0.25) is 24.0 Å². The predicted molar refractivity (Wildman–Crippen MR) is 128 cm³/mol. The first kappa shape index (κ1) is 26.3. The molecular formula is C21H25BrN4O6S. The molecule has 0 fully saturated rings. The van der Waals surface area contributed by atoms with Gasteiger partial charge in [0, 0.05) is 29.7 Å². The van der Waals surface area contributed by atoms with Crippen LogP contribution in [0.4, 0.5) is 11.4 Å². The Labute approximate surface area is 200 Å². The van der Waals surface area contributed by atoms with Crippen molar-refractivity contribution in [3.8, 4) is 0 Å². The van der Waals surface area contributed by atoms with Gasteiger partial charge in [-0.2, -0.15) is 0 Å². The molecular weight excluding hydrogens is 516 g/mol. The number of anilines is 1. The molecule has 0 saturated carbocycles. The number of nitro groups is 1. The zero-order valence-corrected chi connectivity index (χ0v) is 20.8. The van der Waals surface area contributed by atoms with E-state index in [9.17, 15) is 28.1 Å². The van der Waals surface area contributed by atoms with E-state index in [0.717, 1.165) is 26.7 Å². The molecule has 12 heteroatoms. The van der Waals surface area contributed by atoms with Crippen molar-refractivity contribution in [1.82, 2.24) is 10.2 Å². The van der Waals surface area contributed by atoms with Crippen LogP contribution in [0.2, 0.25) is 0 Å². The second-order valence-electron chi connectivity index (χ2n) is 7.27. The molecule has 0 radical (unpaired) electrons. The zero-order chi connectivity index (χ0) is 24.8. The number of benzene rings is 2. The van der Waals surface area contributed by atoms with Crippen LogP contribution < -0.4 is 9.62 Å². The molecule has 1 N–H and O–H groups in total. The third-order valence-electron chi connectivity index (χ3n) is 4.77. The highest BCUT2D eigenvalue weighted by atomic mass is 79.9. The van der Waals surface area contributed by atoms with Gasteiger partial charge in [0.1, 0.15) is 12.6 Å². The van der Waals surface area contributed by atoms with Gasteiger partial charge in [-0.1, -0.05) is 34.1 Å². The lowest BCUT2D eigenvalue weighted by Crippen LogP contribution is -2.51. The Morgan fingerprint density at radius 2 is 1.85 bits per heavy atom. The van der Waals surface area contributed by atoms with Crippen LogP contribution in [0.3, 0.4) is 0 Å². The van der Waals surface area contributed by atoms with Crippen molar-refractivity contribution < 1.29 is 22.9 Å². The Kier molecular flexibility index (Phi) is 8.94. The first-order chi connectivity index (χ1) is 15.4. The summed E-state index contributed by atoms with van der Waals surface area (Å²) in [7, 11) is -3.97. The lowest BCUT2D eigenvalue weighted by molar-refractivity contribution is -0.384. The van der Waals surface area contributed by atoms with Crippen LogP contribution in [0.5, 0.6) is 0 Å². The maximum atomic E-state index is 13.3. The molecule has 0 aliphatic rings. The summed E-state index contributed by atoms with van der Waals surface area (Å²) < 4.78 is 26.5. The van der Waals surface area contributed by atoms with E-state index in [4.69, 9.17) is 0 Å². The number of rotatable bonds is 10. The third-order valence-corrected chi connectivity index (χ3v) is 6.40. The van der Waals surface area contributed by atoms with E-state index in [2.05, 4.69) is 21.2 Å². The maximum absolute atomic E-state index is 13.3. The molecule has 2 amide bonds. The maximum Gasteiger partial charge on any atom is 0.271 e. The van der Waals surface area contributed by atoms with Gasteiger partial charge in [0.2, 0.25) is 21.8 Å². The Morgan fingerprint density at radius 3 is 2.42 bits per heavy atom. The Bertz CT molecular complexity index is 1140. The third kappa shape index (κ3) is 7.26. The molecule has 0 aromatic heterocycles. The minimum atomic E-state index is -3.97. The molecule has 178 valence electrons. The number of sulfonamides is 1. The topological polar surface area (TPSA) is 130 Å². The SMILES string of the molecule is CCNC(=O)[C@@H](C)N(Cc1cccc(Br)c1)C(=O)CN(c1cccc([N+](=O)[O-])c1)S(C)(=O)=O. The number of halogens is 1. The summed E-state index contributed by atoms with van der Waals surface area (Å²) in [5.74, 6) is -1.02. The molecule has 2 aromatic rings. The average molecular weight is 541 g/mol. The van der Waals surface area contributed by atoms with Crippen molar-refractivity contribution in [2.75, 3.05) is 23.7 Å². The summed E-state index contributed by atoms with van der Waals surface area (Å²) in [6.07, 6.45) is 0.908. The largest absolute Gasteiger partial charge is 0.355 e. The van der Waals surface area contributed by atoms with Gasteiger partial charge < -0.3 is 10.2 Å². The fourth-order valence-corrected chi connectivity index (χ4v) is 4.40. The molecule has 0 heterocycles. The van der Waals surface area contributed by atoms with Crippen LogP contribution in [0.25, 0.3) is 0 Å². The average Bonchev–Trinajstić information content (AvgIpc) is 2.74. The van der Waals surface area contributed by atoms with E-state index in [-0.39, 0.29) is 23.8 Å². The van der Waals surface area contributed by atoms with E-state index in [1.807, 2.05) is 6.07 Å². The van der Waals surface area contributed by atoms with Crippen LogP contribution in [0.1, 0.15) is 19.4 Å². The number of hydrogen-bond acceptors (Lipinski definition) is 6. The predicted octanol–water partition coefficient (Wildman–Crippen LogP) is 2.68. The van der Waals surface area contributed by atoms with E-state index in [1.165, 1.54) is 23.1 Å². The fourth-order valence-electron chi connectivity index (χ4n) is 3.11. The summed E-state index contributed by atoms with van der Waals surface area (Å²) in [4.78, 5) is 37.6. The van der Waals surface area contributed by atoms with Crippen molar-refractivity contribution in [2.24, 2.45) is 0 Å². The van der Waals surface area contributed by atoms with Crippen molar-refractivity contribution in [2.45, 2.75) is 26.4 Å². The molecule has 2 aromatic carbocycles. The van der Waals surface area contributed by atoms with Gasteiger partial charge in [-0.05, 0) is 37.6 Å². The molecule has 0 saturated heterocycles. The number of hydrogen-bond donors (Lipinski definition) is 1. The van der Waals surface area contributed by atoms with E-state index in [0.29, 0.717) is 6.54 Å². The smallest absolute Gasteiger partial charge is 0.271 e. The molecule has 0 aliphatic heterocycles. The highest BCUT2D eigenvalue weighted by Gasteiger charge is 2.30. The minimum Gasteiger partial charge on any atom is -0.355 e. The number of likely N-dealkylation sites (N-methyl/N-ethyl adjacent to an activating group) is 1. The Balaban J connectivity index is 2.42. The van der Waals surface area contributed by atoms with Crippen molar-refractivity contribution >= 4 is 49.1 Å². The zero-order valence-electron chi connectivity index (χ0n) is 18.4. The standard InChI is InChI=1S/C21H25BrN4O6S/c1-4-23-21(28)15(2)24(13-16-7-5-8-17(22)11-16)20(27)14-25(33(3,31)32)18-9-6-10-19(12-18)26(29)30/h5-12,15H,4,13-14H2,1-3H3,(H,23,28)/t15-/m1/s1. The van der Waals surface area contributed by atoms with Crippen LogP contribution in [-0.4, -0.2) is 55.4 Å². The first-order valence-electron chi connectivity index (χ1n) is 9.97. The number of carbonyl (C=O) groups excluding carboxylic acids is 2. The van der Waals surface area contributed by atoms with Crippen LogP contribution in [0.15, 0.2) is 53.0 Å². The summed E-state index contributed by atoms with van der Waals surface area (Å²) in [5, 5.41) is 13.8. The van der Waals surface area contributed by atoms with Crippen molar-refractivity contribution in [1.29, 1.82) is 0 Å². The monoisotopic (exact) mass is 540 g/mol. The number of nitrogens with one attached hydrogen (secondary N) is 1. The molecule has 0 spiro atoms. The number of amides is 2. The van der Waals surface area contributed by atoms with Gasteiger partial charge in [-0.15, -0.1) is 0 Å². The molecule has 0 aliphatic carbocycles. The van der Waals surface area contributed by atoms with Gasteiger partial charge in [0.15, 0.2) is 0 Å². The van der Waals surface area contributed by atoms with Crippen LogP contribution in [-0.2, 0) is 26.2 Å². The van der Waals surface area contributed by atoms with E-state index >= 15 is 0 Å². The first-order valence-corrected chi connectivity index (χ1v) is 12.6. The molecule has 2 rings (SSSR count). The summed E-state index contributed by atoms with van der Waals surface area (Å²) >= 11 is 3.37. The normalized spacial score (nSPS) is 12.0. The number of carbonyl (C=O) groups is 2. The molecule has 1 atom stereocenters. The minimum absolute atomic E-state index is 0.0203. The van der Waals surface area contributed by atoms with Crippen molar-refractivity contribution in [3.05, 3.63) is 68.7 Å². The summed E-state index contributed by atoms with van der Waals surface area (Å²) in [5.41, 5.74) is 0.401. The molecule has 0 bridgehead atoms. The molecule has 10 nitrogen and oxygen atoms in total. The van der Waals surface area contributed by atoms with Crippen LogP contribution >= 0.6 is 15.9 Å². The lowest BCUT2D eigenvalue weighted by atomic mass is 10.1. The van der Waals surface area contributed by atoms with Crippen LogP contribution in [0, 0.1) is 10.1 Å². The van der Waals surface area contributed by atoms with Gasteiger partial charge in [-0.25, -0.2) is 8.42 Å². The van der Waals surface area contributed by atoms with Gasteiger partial charge in [0.05, 0.1) is 16.9 Å². The summed E-state index contributed by atoms with van der Waals surface area (Å²) in [6.45, 7) is 3.10. The van der Waals surface area contributed by atoms with Gasteiger partial charge >= 0.3 is 0 Å². The highest BCUT2D eigenvalue weighted by Crippen LogP contribution is 2.24. The summed E-state index contributed by atoms with van der Waals surface area (Å²) in [6, 6.07) is 11.3. The Hall–Kier alpha value is -2.99. The number of nitro benzene ring substituents is 1. The molecule has 0 unspecified atom stereocenters. The van der Waals surface area contributed by atoms with Gasteiger partial charge in [0.25, 0.3) is 5.69 Å². The highest BCUT2D eigenvalue weighted by molar-refractivity contribution is 9.10. The fraction of sp³-hybridized carbons (Fsp3) is 0.333.